The Morgan fingerprint density at radius 2 is 2.00 bits per heavy atom. The van der Waals surface area contributed by atoms with E-state index in [9.17, 15) is 0 Å². The van der Waals surface area contributed by atoms with E-state index >= 15 is 0 Å². The van der Waals surface area contributed by atoms with Crippen LogP contribution in [-0.2, 0) is 13.0 Å². The minimum absolute atomic E-state index is 0.730. The van der Waals surface area contributed by atoms with Gasteiger partial charge in [0.1, 0.15) is 4.60 Å². The monoisotopic (exact) mass is 368 g/mol. The first-order valence-corrected chi connectivity index (χ1v) is 7.41. The second kappa shape index (κ2) is 6.34. The topological polar surface area (TPSA) is 24.9 Å². The Morgan fingerprint density at radius 1 is 1.17 bits per heavy atom. The second-order valence-corrected chi connectivity index (χ2v) is 5.69. The van der Waals surface area contributed by atoms with Crippen molar-refractivity contribution in [3.8, 4) is 0 Å². The normalized spacial score (nSPS) is 10.4. The van der Waals surface area contributed by atoms with E-state index in [0.29, 0.717) is 0 Å². The third kappa shape index (κ3) is 3.56. The lowest BCUT2D eigenvalue weighted by Crippen LogP contribution is -2.03. The lowest BCUT2D eigenvalue weighted by atomic mass is 10.1. The predicted molar refractivity (Wildman–Crippen MR) is 82.8 cm³/mol. The molecular weight excluding hydrogens is 356 g/mol. The van der Waals surface area contributed by atoms with Gasteiger partial charge in [0.15, 0.2) is 0 Å². The molecular formula is C14H14Br2N2. The van der Waals surface area contributed by atoms with Gasteiger partial charge in [-0.25, -0.2) is 4.98 Å². The van der Waals surface area contributed by atoms with E-state index in [1.54, 1.807) is 0 Å². The molecule has 1 heterocycles. The van der Waals surface area contributed by atoms with Crippen LogP contribution in [0, 0.1) is 0 Å². The fraction of sp³-hybridized carbons (Fsp3) is 0.214. The highest BCUT2D eigenvalue weighted by Crippen LogP contribution is 2.22. The van der Waals surface area contributed by atoms with E-state index in [1.807, 2.05) is 18.2 Å². The van der Waals surface area contributed by atoms with Gasteiger partial charge >= 0.3 is 0 Å². The van der Waals surface area contributed by atoms with Crippen LogP contribution in [0.4, 0.5) is 5.69 Å². The Bertz CT molecular complexity index is 541. The van der Waals surface area contributed by atoms with Gasteiger partial charge in [-0.15, -0.1) is 0 Å². The van der Waals surface area contributed by atoms with Crippen molar-refractivity contribution < 1.29 is 0 Å². The molecule has 0 radical (unpaired) electrons. The highest BCUT2D eigenvalue weighted by atomic mass is 79.9. The van der Waals surface area contributed by atoms with E-state index in [4.69, 9.17) is 0 Å². The maximum Gasteiger partial charge on any atom is 0.106 e. The zero-order chi connectivity index (χ0) is 13.0. The number of rotatable bonds is 4. The van der Waals surface area contributed by atoms with Gasteiger partial charge in [-0.3, -0.25) is 0 Å². The molecule has 2 aromatic rings. The van der Waals surface area contributed by atoms with E-state index in [-0.39, 0.29) is 0 Å². The molecule has 0 aliphatic carbocycles. The Balaban J connectivity index is 2.10. The molecule has 0 saturated heterocycles. The molecule has 1 aromatic heterocycles. The van der Waals surface area contributed by atoms with Gasteiger partial charge in [0.25, 0.3) is 0 Å². The van der Waals surface area contributed by atoms with Gasteiger partial charge in [-0.1, -0.05) is 28.9 Å². The first-order chi connectivity index (χ1) is 8.69. The number of aromatic nitrogens is 1. The fourth-order valence-electron chi connectivity index (χ4n) is 1.76. The van der Waals surface area contributed by atoms with Crippen LogP contribution in [0.15, 0.2) is 45.5 Å². The molecule has 2 nitrogen and oxygen atoms in total. The van der Waals surface area contributed by atoms with E-state index in [1.165, 1.54) is 11.3 Å². The number of nitrogens with one attached hydrogen (secondary N) is 1. The van der Waals surface area contributed by atoms with Gasteiger partial charge in [0.05, 0.1) is 12.2 Å². The van der Waals surface area contributed by atoms with Crippen molar-refractivity contribution in [2.24, 2.45) is 0 Å². The molecule has 18 heavy (non-hydrogen) atoms. The summed E-state index contributed by atoms with van der Waals surface area (Å²) in [6.07, 6.45) is 1.01. The Morgan fingerprint density at radius 3 is 2.72 bits per heavy atom. The predicted octanol–water partition coefficient (Wildman–Crippen LogP) is 4.78. The van der Waals surface area contributed by atoms with Crippen LogP contribution in [0.25, 0.3) is 0 Å². The molecule has 0 atom stereocenters. The Hall–Kier alpha value is -0.870. The average molecular weight is 370 g/mol. The molecule has 94 valence electrons. The smallest absolute Gasteiger partial charge is 0.106 e. The molecule has 0 fully saturated rings. The van der Waals surface area contributed by atoms with Crippen molar-refractivity contribution in [1.82, 2.24) is 4.98 Å². The molecule has 0 spiro atoms. The van der Waals surface area contributed by atoms with Gasteiger partial charge in [-0.2, -0.15) is 0 Å². The quantitative estimate of drug-likeness (QED) is 0.784. The molecule has 0 saturated carbocycles. The summed E-state index contributed by atoms with van der Waals surface area (Å²) in [6.45, 7) is 2.89. The van der Waals surface area contributed by atoms with Crippen molar-refractivity contribution in [3.63, 3.8) is 0 Å². The molecule has 1 N–H and O–H groups in total. The largest absolute Gasteiger partial charge is 0.379 e. The summed E-state index contributed by atoms with van der Waals surface area (Å²) in [4.78, 5) is 4.41. The van der Waals surface area contributed by atoms with Gasteiger partial charge < -0.3 is 5.32 Å². The van der Waals surface area contributed by atoms with Crippen LogP contribution in [-0.4, -0.2) is 4.98 Å². The second-order valence-electron chi connectivity index (χ2n) is 3.96. The Kier molecular flexibility index (Phi) is 4.78. The maximum absolute atomic E-state index is 4.41. The van der Waals surface area contributed by atoms with Crippen molar-refractivity contribution >= 4 is 37.5 Å². The molecule has 4 heteroatoms. The number of aryl methyl sites for hydroxylation is 1. The number of halogens is 2. The van der Waals surface area contributed by atoms with Gasteiger partial charge in [0, 0.05) is 10.2 Å². The van der Waals surface area contributed by atoms with Crippen LogP contribution >= 0.6 is 31.9 Å². The summed E-state index contributed by atoms with van der Waals surface area (Å²) >= 11 is 6.88. The summed E-state index contributed by atoms with van der Waals surface area (Å²) in [5.41, 5.74) is 3.50. The van der Waals surface area contributed by atoms with Crippen molar-refractivity contribution in [2.45, 2.75) is 19.9 Å². The minimum atomic E-state index is 0.730. The van der Waals surface area contributed by atoms with Crippen molar-refractivity contribution in [3.05, 3.63) is 56.7 Å². The number of nitrogens with zero attached hydrogens (tertiary/aromatic N) is 1. The first kappa shape index (κ1) is 13.6. The average Bonchev–Trinajstić information content (AvgIpc) is 2.37. The standard InChI is InChI=1S/C14H14Br2N2/c1-2-10-8-11(15)6-7-13(10)17-9-12-4-3-5-14(16)18-12/h3-8,17H,2,9H2,1H3. The van der Waals surface area contributed by atoms with E-state index < -0.39 is 0 Å². The van der Waals surface area contributed by atoms with Crippen LogP contribution < -0.4 is 5.32 Å². The fourth-order valence-corrected chi connectivity index (χ4v) is 2.55. The molecule has 0 bridgehead atoms. The first-order valence-electron chi connectivity index (χ1n) is 5.82. The molecule has 0 unspecified atom stereocenters. The molecule has 0 aliphatic heterocycles. The van der Waals surface area contributed by atoms with Crippen LogP contribution in [0.2, 0.25) is 0 Å². The molecule has 2 rings (SSSR count). The summed E-state index contributed by atoms with van der Waals surface area (Å²) < 4.78 is 1.99. The summed E-state index contributed by atoms with van der Waals surface area (Å²) in [5.74, 6) is 0. The zero-order valence-electron chi connectivity index (χ0n) is 10.1. The minimum Gasteiger partial charge on any atom is -0.379 e. The number of hydrogen-bond acceptors (Lipinski definition) is 2. The summed E-state index contributed by atoms with van der Waals surface area (Å²) in [6, 6.07) is 12.2. The molecule has 0 aliphatic rings. The highest BCUT2D eigenvalue weighted by molar-refractivity contribution is 9.10. The highest BCUT2D eigenvalue weighted by Gasteiger charge is 2.02. The number of pyridine rings is 1. The van der Waals surface area contributed by atoms with Crippen molar-refractivity contribution in [1.29, 1.82) is 0 Å². The summed E-state index contributed by atoms with van der Waals surface area (Å²) in [7, 11) is 0. The maximum atomic E-state index is 4.41. The van der Waals surface area contributed by atoms with Gasteiger partial charge in [-0.05, 0) is 58.2 Å². The van der Waals surface area contributed by atoms with Crippen molar-refractivity contribution in [2.75, 3.05) is 5.32 Å². The SMILES string of the molecule is CCc1cc(Br)ccc1NCc1cccc(Br)n1. The van der Waals surface area contributed by atoms with Crippen LogP contribution in [0.5, 0.6) is 0 Å². The Labute approximate surface area is 124 Å². The zero-order valence-corrected chi connectivity index (χ0v) is 13.3. The number of benzene rings is 1. The lowest BCUT2D eigenvalue weighted by Gasteiger charge is -2.11. The third-order valence-corrected chi connectivity index (χ3v) is 3.62. The van der Waals surface area contributed by atoms with E-state index in [0.717, 1.165) is 27.7 Å². The number of anilines is 1. The molecule has 1 aromatic carbocycles. The van der Waals surface area contributed by atoms with E-state index in [2.05, 4.69) is 67.3 Å². The molecule has 0 amide bonds. The third-order valence-electron chi connectivity index (χ3n) is 2.68. The van der Waals surface area contributed by atoms with Gasteiger partial charge in [0.2, 0.25) is 0 Å². The lowest BCUT2D eigenvalue weighted by molar-refractivity contribution is 1.02. The number of hydrogen-bond donors (Lipinski definition) is 1. The summed E-state index contributed by atoms with van der Waals surface area (Å²) in [5, 5.41) is 3.43. The van der Waals surface area contributed by atoms with Crippen LogP contribution in [0.1, 0.15) is 18.2 Å². The van der Waals surface area contributed by atoms with Crippen LogP contribution in [0.3, 0.4) is 0 Å².